The van der Waals surface area contributed by atoms with Gasteiger partial charge in [-0.25, -0.2) is 5.90 Å². The average molecular weight is 309 g/mol. The van der Waals surface area contributed by atoms with Crippen LogP contribution in [0.1, 0.15) is 65.2 Å². The molecule has 0 amide bonds. The summed E-state index contributed by atoms with van der Waals surface area (Å²) in [5.41, 5.74) is 0.980. The Bertz CT molecular complexity index is 266. The number of carbonyl (C=O) groups is 1. The summed E-state index contributed by atoms with van der Waals surface area (Å²) in [6.45, 7) is 4.46. The van der Waals surface area contributed by atoms with E-state index >= 15 is 0 Å². The number of hydrogen-bond acceptors (Lipinski definition) is 5. The van der Waals surface area contributed by atoms with Crippen molar-refractivity contribution in [2.45, 2.75) is 65.2 Å². The smallest absolute Gasteiger partial charge is 0.132 e. The number of ketones is 1. The zero-order valence-corrected chi connectivity index (χ0v) is 13.4. The molecule has 0 unspecified atom stereocenters. The lowest BCUT2D eigenvalue weighted by Crippen LogP contribution is -2.11. The molecule has 0 aromatic carbocycles. The molecule has 2 aliphatic carbocycles. The van der Waals surface area contributed by atoms with Crippen LogP contribution in [-0.4, -0.2) is 21.9 Å². The summed E-state index contributed by atoms with van der Waals surface area (Å²) < 4.78 is 0. The van der Waals surface area contributed by atoms with Gasteiger partial charge in [0.1, 0.15) is 5.78 Å². The largest absolute Gasteiger partial charge is 0.411 e. The zero-order valence-electron chi connectivity index (χ0n) is 12.5. The van der Waals surface area contributed by atoms with E-state index in [1.54, 1.807) is 0 Å². The average Bonchev–Trinajstić information content (AvgIpc) is 2.46. The summed E-state index contributed by atoms with van der Waals surface area (Å²) in [6.07, 6.45) is 8.30. The maximum absolute atomic E-state index is 10.6. The molecule has 2 saturated carbocycles. The topological polar surface area (TPSA) is 95.9 Å². The van der Waals surface area contributed by atoms with E-state index in [0.29, 0.717) is 5.78 Å². The van der Waals surface area contributed by atoms with Crippen molar-refractivity contribution in [3.8, 4) is 0 Å². The van der Waals surface area contributed by atoms with Crippen LogP contribution >= 0.6 is 12.4 Å². The molecule has 2 rings (SSSR count). The van der Waals surface area contributed by atoms with Crippen LogP contribution in [0, 0.1) is 11.8 Å². The summed E-state index contributed by atoms with van der Waals surface area (Å²) in [6, 6.07) is 0. The Hall–Kier alpha value is -0.650. The van der Waals surface area contributed by atoms with E-state index in [-0.39, 0.29) is 12.4 Å². The summed E-state index contributed by atoms with van der Waals surface area (Å²) in [7, 11) is 0. The van der Waals surface area contributed by atoms with Crippen molar-refractivity contribution >= 4 is 23.9 Å². The molecule has 0 spiro atoms. The van der Waals surface area contributed by atoms with E-state index in [2.05, 4.69) is 24.9 Å². The summed E-state index contributed by atoms with van der Waals surface area (Å²) in [5, 5.41) is 18.1. The molecule has 5 nitrogen and oxygen atoms in total. The fourth-order valence-electron chi connectivity index (χ4n) is 2.28. The minimum absolute atomic E-state index is 0. The van der Waals surface area contributed by atoms with Gasteiger partial charge in [0.05, 0.1) is 5.71 Å². The summed E-state index contributed by atoms with van der Waals surface area (Å²) >= 11 is 0. The maximum atomic E-state index is 10.6. The number of oxime groups is 1. The minimum atomic E-state index is 0. The Balaban J connectivity index is 0. The highest BCUT2D eigenvalue weighted by molar-refractivity contribution is 5.85. The normalized spacial score (nSPS) is 22.5. The highest BCUT2D eigenvalue weighted by Crippen LogP contribution is 2.21. The highest BCUT2D eigenvalue weighted by atomic mass is 35.5. The standard InChI is InChI=1S/C7H13NO.C7H12O.ClH.H3NO/c1-6-2-4-7(8-9)5-3-6;1-6-2-4-7(8)5-3-6;;1-2/h6,9H,2-5H2,1H3;6H,2-5H2,1H3;1H;2H,1H2. The van der Waals surface area contributed by atoms with E-state index < -0.39 is 0 Å². The fraction of sp³-hybridized carbons (Fsp3) is 0.857. The van der Waals surface area contributed by atoms with Crippen molar-refractivity contribution in [1.82, 2.24) is 0 Å². The first-order valence-electron chi connectivity index (χ1n) is 7.09. The Kier molecular flexibility index (Phi) is 14.4. The lowest BCUT2D eigenvalue weighted by Gasteiger charge is -2.17. The Morgan fingerprint density at radius 2 is 1.30 bits per heavy atom. The van der Waals surface area contributed by atoms with Crippen LogP contribution in [0.4, 0.5) is 0 Å². The van der Waals surface area contributed by atoms with E-state index in [1.807, 2.05) is 0 Å². The molecule has 0 saturated heterocycles. The van der Waals surface area contributed by atoms with Crippen LogP contribution in [0.25, 0.3) is 0 Å². The van der Waals surface area contributed by atoms with E-state index in [0.717, 1.165) is 56.1 Å². The zero-order chi connectivity index (χ0) is 14.7. The molecule has 0 radical (unpaired) electrons. The SMILES string of the molecule is CC1CCC(=NO)CC1.CC1CCC(=O)CC1.Cl.NO. The van der Waals surface area contributed by atoms with Gasteiger partial charge in [-0.15, -0.1) is 12.4 Å². The van der Waals surface area contributed by atoms with Gasteiger partial charge in [-0.1, -0.05) is 19.0 Å². The van der Waals surface area contributed by atoms with Gasteiger partial charge in [-0.2, -0.15) is 0 Å². The van der Waals surface area contributed by atoms with Gasteiger partial charge in [-0.05, 0) is 50.4 Å². The number of hydrogen-bond donors (Lipinski definition) is 3. The molecule has 0 atom stereocenters. The van der Waals surface area contributed by atoms with Gasteiger partial charge in [0.15, 0.2) is 0 Å². The first-order chi connectivity index (χ1) is 9.11. The van der Waals surface area contributed by atoms with Crippen LogP contribution < -0.4 is 5.90 Å². The van der Waals surface area contributed by atoms with Crippen molar-refractivity contribution in [3.63, 3.8) is 0 Å². The second kappa shape index (κ2) is 13.3. The molecular formula is C14H29ClN2O3. The Labute approximate surface area is 128 Å². The molecule has 0 bridgehead atoms. The third-order valence-electron chi connectivity index (χ3n) is 3.82. The number of carbonyl (C=O) groups excluding carboxylic acids is 1. The second-order valence-electron chi connectivity index (χ2n) is 5.57. The second-order valence-corrected chi connectivity index (χ2v) is 5.57. The van der Waals surface area contributed by atoms with Gasteiger partial charge < -0.3 is 10.4 Å². The van der Waals surface area contributed by atoms with Crippen LogP contribution in [-0.2, 0) is 4.79 Å². The molecule has 20 heavy (non-hydrogen) atoms. The van der Waals surface area contributed by atoms with Gasteiger partial charge in [0.2, 0.25) is 0 Å². The third kappa shape index (κ3) is 10.2. The van der Waals surface area contributed by atoms with Crippen molar-refractivity contribution in [3.05, 3.63) is 0 Å². The molecular weight excluding hydrogens is 280 g/mol. The molecule has 6 heteroatoms. The molecule has 4 N–H and O–H groups in total. The molecule has 0 heterocycles. The van der Waals surface area contributed by atoms with E-state index in [4.69, 9.17) is 10.4 Å². The molecule has 0 aliphatic heterocycles. The maximum Gasteiger partial charge on any atom is 0.132 e. The van der Waals surface area contributed by atoms with E-state index in [1.165, 1.54) is 12.8 Å². The first-order valence-corrected chi connectivity index (χ1v) is 7.09. The van der Waals surface area contributed by atoms with Crippen LogP contribution in [0.15, 0.2) is 5.16 Å². The third-order valence-corrected chi connectivity index (χ3v) is 3.82. The van der Waals surface area contributed by atoms with Gasteiger partial charge in [0, 0.05) is 12.8 Å². The Morgan fingerprint density at radius 3 is 1.60 bits per heavy atom. The van der Waals surface area contributed by atoms with Gasteiger partial charge in [0.25, 0.3) is 0 Å². The molecule has 0 aromatic rings. The Morgan fingerprint density at radius 1 is 0.950 bits per heavy atom. The monoisotopic (exact) mass is 308 g/mol. The highest BCUT2D eigenvalue weighted by Gasteiger charge is 2.13. The number of Topliss-reactive ketones (excluding diaryl/α,β-unsaturated/α-hetero) is 1. The number of halogens is 1. The number of nitrogens with two attached hydrogens (primary N) is 1. The fourth-order valence-corrected chi connectivity index (χ4v) is 2.28. The van der Waals surface area contributed by atoms with Crippen molar-refractivity contribution < 1.29 is 15.2 Å². The molecule has 2 fully saturated rings. The number of rotatable bonds is 0. The van der Waals surface area contributed by atoms with Crippen molar-refractivity contribution in [2.75, 3.05) is 0 Å². The first kappa shape index (κ1) is 21.6. The quantitative estimate of drug-likeness (QED) is 0.471. The van der Waals surface area contributed by atoms with Gasteiger partial charge in [-0.3, -0.25) is 4.79 Å². The lowest BCUT2D eigenvalue weighted by atomic mass is 9.90. The number of nitrogens with zero attached hydrogens (tertiary/aromatic N) is 1. The van der Waals surface area contributed by atoms with Crippen molar-refractivity contribution in [2.24, 2.45) is 22.9 Å². The van der Waals surface area contributed by atoms with Crippen LogP contribution in [0.5, 0.6) is 0 Å². The van der Waals surface area contributed by atoms with Gasteiger partial charge >= 0.3 is 0 Å². The van der Waals surface area contributed by atoms with Crippen molar-refractivity contribution in [1.29, 1.82) is 0 Å². The molecule has 2 aliphatic rings. The molecule has 120 valence electrons. The lowest BCUT2D eigenvalue weighted by molar-refractivity contribution is -0.120. The summed E-state index contributed by atoms with van der Waals surface area (Å²) in [5.74, 6) is 5.59. The van der Waals surface area contributed by atoms with Crippen LogP contribution in [0.2, 0.25) is 0 Å². The van der Waals surface area contributed by atoms with Crippen LogP contribution in [0.3, 0.4) is 0 Å². The minimum Gasteiger partial charge on any atom is -0.411 e. The molecule has 0 aromatic heterocycles. The summed E-state index contributed by atoms with van der Waals surface area (Å²) in [4.78, 5) is 10.6. The predicted octanol–water partition coefficient (Wildman–Crippen LogP) is 3.55. The predicted molar refractivity (Wildman–Crippen MR) is 82.7 cm³/mol. The van der Waals surface area contributed by atoms with E-state index in [9.17, 15) is 4.79 Å².